The van der Waals surface area contributed by atoms with Crippen LogP contribution in [0.5, 0.6) is 0 Å². The number of aliphatic hydroxyl groups is 4. The van der Waals surface area contributed by atoms with Gasteiger partial charge in [-0.05, 0) is 38.5 Å². The maximum absolute atomic E-state index is 12.5. The summed E-state index contributed by atoms with van der Waals surface area (Å²) in [6.45, 7) is 4.04. The molecule has 0 aliphatic carbocycles. The summed E-state index contributed by atoms with van der Waals surface area (Å²) in [6.07, 6.45) is 43.9. The van der Waals surface area contributed by atoms with Crippen LogP contribution in [0.1, 0.15) is 239 Å². The average Bonchev–Trinajstić information content (AvgIpc) is 3.13. The zero-order valence-electron chi connectivity index (χ0n) is 34.1. The molecule has 0 bridgehead atoms. The second-order valence-corrected chi connectivity index (χ2v) is 15.8. The minimum Gasteiger partial charge on any atom is -0.394 e. The van der Waals surface area contributed by atoms with Gasteiger partial charge in [0.1, 0.15) is 12.2 Å². The second-order valence-electron chi connectivity index (χ2n) is 15.8. The van der Waals surface area contributed by atoms with E-state index in [2.05, 4.69) is 31.3 Å². The van der Waals surface area contributed by atoms with Gasteiger partial charge in [0.25, 0.3) is 0 Å². The summed E-state index contributed by atoms with van der Waals surface area (Å²) in [6, 6.07) is -0.996. The van der Waals surface area contributed by atoms with Crippen molar-refractivity contribution in [1.29, 1.82) is 0 Å². The van der Waals surface area contributed by atoms with Gasteiger partial charge in [0.15, 0.2) is 0 Å². The Balaban J connectivity index is 3.69. The quantitative estimate of drug-likeness (QED) is 0.0319. The first-order chi connectivity index (χ1) is 25.0. The smallest absolute Gasteiger partial charge is 0.249 e. The molecule has 0 fully saturated rings. The largest absolute Gasteiger partial charge is 0.394 e. The van der Waals surface area contributed by atoms with Crippen LogP contribution < -0.4 is 5.32 Å². The van der Waals surface area contributed by atoms with E-state index in [9.17, 15) is 25.2 Å². The summed E-state index contributed by atoms with van der Waals surface area (Å²) >= 11 is 0. The Morgan fingerprint density at radius 3 is 1.18 bits per heavy atom. The minimum atomic E-state index is -1.28. The molecular weight excluding hydrogens is 634 g/mol. The van der Waals surface area contributed by atoms with Gasteiger partial charge in [0.2, 0.25) is 5.91 Å². The summed E-state index contributed by atoms with van der Waals surface area (Å²) < 4.78 is 0. The topological polar surface area (TPSA) is 110 Å². The Kier molecular flexibility index (Phi) is 39.5. The molecule has 51 heavy (non-hydrogen) atoms. The third kappa shape index (κ3) is 34.6. The number of nitrogens with one attached hydrogen (secondary N) is 1. The van der Waals surface area contributed by atoms with E-state index in [0.717, 1.165) is 38.5 Å². The molecule has 6 heteroatoms. The maximum atomic E-state index is 12.5. The van der Waals surface area contributed by atoms with Crippen LogP contribution in [0.4, 0.5) is 0 Å². The molecule has 0 aliphatic rings. The Labute approximate surface area is 317 Å². The van der Waals surface area contributed by atoms with Gasteiger partial charge in [-0.2, -0.15) is 0 Å². The monoisotopic (exact) mass is 724 g/mol. The van der Waals surface area contributed by atoms with Gasteiger partial charge in [-0.25, -0.2) is 0 Å². The van der Waals surface area contributed by atoms with Crippen molar-refractivity contribution in [1.82, 2.24) is 5.32 Å². The van der Waals surface area contributed by atoms with E-state index >= 15 is 0 Å². The van der Waals surface area contributed by atoms with Crippen LogP contribution in [-0.2, 0) is 4.79 Å². The summed E-state index contributed by atoms with van der Waals surface area (Å²) in [4.78, 5) is 12.5. The number of hydrogen-bond donors (Lipinski definition) is 5. The number of allylic oxidation sites excluding steroid dienone is 2. The Hall–Kier alpha value is -0.950. The number of aliphatic hydroxyl groups excluding tert-OH is 4. The summed E-state index contributed by atoms with van der Waals surface area (Å²) in [5.41, 5.74) is 0. The number of carbonyl (C=O) groups excluding carboxylic acids is 1. The number of unbranched alkanes of at least 4 members (excludes halogenated alkanes) is 30. The molecule has 0 aromatic heterocycles. The number of hydrogen-bond acceptors (Lipinski definition) is 5. The predicted octanol–water partition coefficient (Wildman–Crippen LogP) is 11.8. The van der Waals surface area contributed by atoms with Crippen molar-refractivity contribution in [3.05, 3.63) is 12.2 Å². The van der Waals surface area contributed by atoms with Crippen molar-refractivity contribution in [2.45, 2.75) is 263 Å². The lowest BCUT2D eigenvalue weighted by atomic mass is 10.00. The maximum Gasteiger partial charge on any atom is 0.249 e. The summed E-state index contributed by atoms with van der Waals surface area (Å²) in [7, 11) is 0. The molecule has 6 nitrogen and oxygen atoms in total. The fourth-order valence-electron chi connectivity index (χ4n) is 7.11. The Morgan fingerprint density at radius 1 is 0.471 bits per heavy atom. The normalized spacial score (nSPS) is 14.2. The first-order valence-corrected chi connectivity index (χ1v) is 22.6. The van der Waals surface area contributed by atoms with E-state index in [1.165, 1.54) is 173 Å². The van der Waals surface area contributed by atoms with E-state index in [0.29, 0.717) is 12.8 Å². The highest BCUT2D eigenvalue weighted by Crippen LogP contribution is 2.17. The fourth-order valence-corrected chi connectivity index (χ4v) is 7.11. The van der Waals surface area contributed by atoms with Crippen LogP contribution >= 0.6 is 0 Å². The molecule has 4 atom stereocenters. The second kappa shape index (κ2) is 40.2. The van der Waals surface area contributed by atoms with Crippen molar-refractivity contribution < 1.29 is 25.2 Å². The number of rotatable bonds is 41. The molecule has 0 saturated carbocycles. The molecule has 0 saturated heterocycles. The molecule has 0 rings (SSSR count). The van der Waals surface area contributed by atoms with Crippen molar-refractivity contribution in [2.24, 2.45) is 0 Å². The predicted molar refractivity (Wildman–Crippen MR) is 219 cm³/mol. The fraction of sp³-hybridized carbons (Fsp3) is 0.933. The standard InChI is InChI=1S/C45H89NO5/c1-3-5-7-9-11-13-15-17-18-19-20-21-22-23-24-25-27-29-31-33-35-37-39-43(49)45(51)46-41(40-47)44(50)42(48)38-36-34-32-30-28-26-16-14-12-10-8-6-4-2/h30,32,41-44,47-50H,3-29,31,33-40H2,1-2H3,(H,46,51)/b32-30+. The van der Waals surface area contributed by atoms with Gasteiger partial charge in [-0.15, -0.1) is 0 Å². The third-order valence-electron chi connectivity index (χ3n) is 10.7. The minimum absolute atomic E-state index is 0.368. The van der Waals surface area contributed by atoms with Crippen LogP contribution in [-0.4, -0.2) is 57.3 Å². The van der Waals surface area contributed by atoms with Crippen LogP contribution in [0, 0.1) is 0 Å². The SMILES string of the molecule is CCCCCCCCCC/C=C/CCCC(O)C(O)C(CO)NC(=O)C(O)CCCCCCCCCCCCCCCCCCCCCCCC. The molecular formula is C45H89NO5. The summed E-state index contributed by atoms with van der Waals surface area (Å²) in [5.74, 6) is -0.590. The Bertz CT molecular complexity index is 731. The summed E-state index contributed by atoms with van der Waals surface area (Å²) in [5, 5.41) is 43.6. The van der Waals surface area contributed by atoms with Crippen molar-refractivity contribution >= 4 is 5.91 Å². The van der Waals surface area contributed by atoms with Crippen LogP contribution in [0.3, 0.4) is 0 Å². The zero-order valence-corrected chi connectivity index (χ0v) is 34.1. The molecule has 0 aliphatic heterocycles. The van der Waals surface area contributed by atoms with Gasteiger partial charge in [-0.1, -0.05) is 212 Å². The molecule has 304 valence electrons. The van der Waals surface area contributed by atoms with E-state index < -0.39 is 36.9 Å². The van der Waals surface area contributed by atoms with E-state index in [4.69, 9.17) is 0 Å². The lowest BCUT2D eigenvalue weighted by molar-refractivity contribution is -0.132. The number of carbonyl (C=O) groups is 1. The highest BCUT2D eigenvalue weighted by molar-refractivity contribution is 5.80. The van der Waals surface area contributed by atoms with E-state index in [1.54, 1.807) is 0 Å². The zero-order chi connectivity index (χ0) is 37.5. The Morgan fingerprint density at radius 2 is 0.804 bits per heavy atom. The lowest BCUT2D eigenvalue weighted by Gasteiger charge is -2.27. The molecule has 4 unspecified atom stereocenters. The molecule has 0 aromatic rings. The highest BCUT2D eigenvalue weighted by Gasteiger charge is 2.28. The highest BCUT2D eigenvalue weighted by atomic mass is 16.3. The van der Waals surface area contributed by atoms with Gasteiger partial charge in [0.05, 0.1) is 18.8 Å². The molecule has 0 aromatic carbocycles. The van der Waals surface area contributed by atoms with Gasteiger partial charge in [-0.3, -0.25) is 4.79 Å². The van der Waals surface area contributed by atoms with Crippen molar-refractivity contribution in [3.63, 3.8) is 0 Å². The first kappa shape index (κ1) is 50.1. The van der Waals surface area contributed by atoms with E-state index in [-0.39, 0.29) is 0 Å². The van der Waals surface area contributed by atoms with Crippen molar-refractivity contribution in [2.75, 3.05) is 6.61 Å². The molecule has 0 radical (unpaired) electrons. The van der Waals surface area contributed by atoms with Gasteiger partial charge < -0.3 is 25.7 Å². The average molecular weight is 724 g/mol. The van der Waals surface area contributed by atoms with Gasteiger partial charge >= 0.3 is 0 Å². The molecule has 1 amide bonds. The first-order valence-electron chi connectivity index (χ1n) is 22.6. The van der Waals surface area contributed by atoms with Gasteiger partial charge in [0, 0.05) is 0 Å². The van der Waals surface area contributed by atoms with E-state index in [1.807, 2.05) is 0 Å². The third-order valence-corrected chi connectivity index (χ3v) is 10.7. The molecule has 0 heterocycles. The lowest BCUT2D eigenvalue weighted by Crippen LogP contribution is -2.53. The number of amides is 1. The van der Waals surface area contributed by atoms with Crippen LogP contribution in [0.15, 0.2) is 12.2 Å². The molecule has 0 spiro atoms. The van der Waals surface area contributed by atoms with Crippen LogP contribution in [0.25, 0.3) is 0 Å². The van der Waals surface area contributed by atoms with Crippen LogP contribution in [0.2, 0.25) is 0 Å². The van der Waals surface area contributed by atoms with Crippen molar-refractivity contribution in [3.8, 4) is 0 Å². The molecule has 5 N–H and O–H groups in total.